The summed E-state index contributed by atoms with van der Waals surface area (Å²) in [6, 6.07) is 16.5. The van der Waals surface area contributed by atoms with E-state index >= 15 is 0 Å². The minimum absolute atomic E-state index is 0.0590. The fourth-order valence-corrected chi connectivity index (χ4v) is 5.23. The van der Waals surface area contributed by atoms with Crippen molar-refractivity contribution in [3.05, 3.63) is 81.6 Å². The van der Waals surface area contributed by atoms with E-state index in [1.165, 1.54) is 23.1 Å². The Bertz CT molecular complexity index is 1460. The molecular formula is C25H19ClN6O2S2. The van der Waals surface area contributed by atoms with E-state index < -0.39 is 0 Å². The first-order valence-electron chi connectivity index (χ1n) is 10.6. The molecule has 0 fully saturated rings. The number of benzene rings is 2. The Morgan fingerprint density at radius 3 is 2.75 bits per heavy atom. The molecule has 36 heavy (non-hydrogen) atoms. The largest absolute Gasteiger partial charge is 0.491 e. The van der Waals surface area contributed by atoms with Crippen LogP contribution in [0.4, 0.5) is 22.3 Å². The SMILES string of the molecule is [C-]#[N+]c1c(N)nc(SCc2csc(Nc3cccc(Cl)c3)n2)c(C#N)c1-c1ccc(OCCO)cc1. The van der Waals surface area contributed by atoms with Gasteiger partial charge >= 0.3 is 0 Å². The van der Waals surface area contributed by atoms with Gasteiger partial charge < -0.3 is 20.9 Å². The minimum Gasteiger partial charge on any atom is -0.491 e. The number of nitrogens with one attached hydrogen (secondary N) is 1. The van der Waals surface area contributed by atoms with E-state index in [-0.39, 0.29) is 30.3 Å². The molecule has 4 N–H and O–H groups in total. The molecule has 0 radical (unpaired) electrons. The number of rotatable bonds is 9. The van der Waals surface area contributed by atoms with Gasteiger partial charge in [0.25, 0.3) is 0 Å². The van der Waals surface area contributed by atoms with Gasteiger partial charge in [-0.15, -0.1) is 11.3 Å². The van der Waals surface area contributed by atoms with Crippen LogP contribution >= 0.6 is 34.7 Å². The second kappa shape index (κ2) is 11.8. The van der Waals surface area contributed by atoms with Gasteiger partial charge in [0, 0.05) is 27.4 Å². The molecule has 0 saturated carbocycles. The number of nitriles is 1. The second-order valence-corrected chi connectivity index (χ2v) is 9.55. The molecule has 0 amide bonds. The van der Waals surface area contributed by atoms with Gasteiger partial charge in [-0.1, -0.05) is 41.6 Å². The molecule has 0 spiro atoms. The van der Waals surface area contributed by atoms with Crippen LogP contribution in [0.5, 0.6) is 5.75 Å². The molecule has 2 aromatic carbocycles. The molecule has 0 aliphatic rings. The fourth-order valence-electron chi connectivity index (χ4n) is 3.32. The summed E-state index contributed by atoms with van der Waals surface area (Å²) in [6.07, 6.45) is 0. The van der Waals surface area contributed by atoms with Gasteiger partial charge in [0.15, 0.2) is 5.13 Å². The molecule has 0 unspecified atom stereocenters. The summed E-state index contributed by atoms with van der Waals surface area (Å²) in [5.74, 6) is 1.08. The number of thiazole rings is 1. The Morgan fingerprint density at radius 2 is 2.06 bits per heavy atom. The average Bonchev–Trinajstić information content (AvgIpc) is 3.33. The highest BCUT2D eigenvalue weighted by Crippen LogP contribution is 2.42. The number of aliphatic hydroxyl groups excluding tert-OH is 1. The first-order chi connectivity index (χ1) is 17.5. The van der Waals surface area contributed by atoms with Crippen LogP contribution in [0.3, 0.4) is 0 Å². The molecule has 8 nitrogen and oxygen atoms in total. The number of nitrogens with zero attached hydrogens (tertiary/aromatic N) is 4. The molecule has 0 atom stereocenters. The van der Waals surface area contributed by atoms with Crippen LogP contribution in [0.25, 0.3) is 16.0 Å². The zero-order chi connectivity index (χ0) is 25.5. The zero-order valence-corrected chi connectivity index (χ0v) is 21.1. The van der Waals surface area contributed by atoms with Crippen LogP contribution in [0.1, 0.15) is 11.3 Å². The topological polar surface area (TPSA) is 121 Å². The monoisotopic (exact) mass is 534 g/mol. The van der Waals surface area contributed by atoms with Crippen LogP contribution in [-0.4, -0.2) is 28.3 Å². The van der Waals surface area contributed by atoms with E-state index in [1.54, 1.807) is 30.3 Å². The summed E-state index contributed by atoms with van der Waals surface area (Å²) in [7, 11) is 0. The van der Waals surface area contributed by atoms with Crippen molar-refractivity contribution < 1.29 is 9.84 Å². The van der Waals surface area contributed by atoms with Crippen molar-refractivity contribution in [3.63, 3.8) is 0 Å². The van der Waals surface area contributed by atoms with E-state index in [0.717, 1.165) is 11.4 Å². The lowest BCUT2D eigenvalue weighted by atomic mass is 10.00. The molecule has 2 aromatic heterocycles. The predicted molar refractivity (Wildman–Crippen MR) is 144 cm³/mol. The molecule has 0 bridgehead atoms. The Labute approximate surface area is 221 Å². The van der Waals surface area contributed by atoms with Gasteiger partial charge in [-0.2, -0.15) is 5.26 Å². The number of nitrogens with two attached hydrogens (primary N) is 1. The molecule has 0 aliphatic heterocycles. The van der Waals surface area contributed by atoms with Crippen LogP contribution in [0.15, 0.2) is 58.9 Å². The zero-order valence-electron chi connectivity index (χ0n) is 18.7. The van der Waals surface area contributed by atoms with E-state index in [4.69, 9.17) is 33.8 Å². The van der Waals surface area contributed by atoms with Crippen LogP contribution in [-0.2, 0) is 5.75 Å². The Hall–Kier alpha value is -3.80. The number of nitrogen functional groups attached to an aromatic ring is 1. The van der Waals surface area contributed by atoms with Gasteiger partial charge in [-0.05, 0) is 35.9 Å². The number of ether oxygens (including phenoxy) is 1. The van der Waals surface area contributed by atoms with Crippen LogP contribution in [0, 0.1) is 17.9 Å². The maximum absolute atomic E-state index is 10.00. The van der Waals surface area contributed by atoms with Crippen LogP contribution < -0.4 is 15.8 Å². The van der Waals surface area contributed by atoms with Crippen molar-refractivity contribution in [2.75, 3.05) is 24.3 Å². The Morgan fingerprint density at radius 1 is 1.25 bits per heavy atom. The summed E-state index contributed by atoms with van der Waals surface area (Å²) < 4.78 is 5.41. The van der Waals surface area contributed by atoms with Gasteiger partial charge in [-0.25, -0.2) is 14.8 Å². The van der Waals surface area contributed by atoms with E-state index in [9.17, 15) is 5.26 Å². The lowest BCUT2D eigenvalue weighted by molar-refractivity contribution is 0.201. The standard InChI is InChI=1S/C25H19ClN6O2S2/c1-29-22-21(15-5-7-19(8-6-15)34-10-9-33)20(12-27)24(32-23(22)28)35-13-18-14-36-25(31-18)30-17-4-2-3-16(26)11-17/h2-8,11,14,33H,9-10,13H2,(H2,28,32)(H,30,31). The third-order valence-corrected chi connectivity index (χ3v) is 6.93. The lowest BCUT2D eigenvalue weighted by Gasteiger charge is -2.13. The molecule has 180 valence electrons. The number of thioether (sulfide) groups is 1. The molecule has 0 aliphatic carbocycles. The number of anilines is 3. The third kappa shape index (κ3) is 5.88. The van der Waals surface area contributed by atoms with Gasteiger partial charge in [0.05, 0.1) is 24.4 Å². The maximum Gasteiger partial charge on any atom is 0.236 e. The number of hydrogen-bond acceptors (Lipinski definition) is 9. The molecule has 0 saturated heterocycles. The van der Waals surface area contributed by atoms with Gasteiger partial charge in [0.2, 0.25) is 5.69 Å². The lowest BCUT2D eigenvalue weighted by Crippen LogP contribution is -2.02. The highest BCUT2D eigenvalue weighted by Gasteiger charge is 2.21. The highest BCUT2D eigenvalue weighted by molar-refractivity contribution is 7.98. The number of pyridine rings is 1. The number of hydrogen-bond donors (Lipinski definition) is 3. The minimum atomic E-state index is -0.0964. The molecule has 11 heteroatoms. The highest BCUT2D eigenvalue weighted by atomic mass is 35.5. The van der Waals surface area contributed by atoms with Gasteiger partial charge in [-0.3, -0.25) is 0 Å². The molecule has 2 heterocycles. The summed E-state index contributed by atoms with van der Waals surface area (Å²) in [5, 5.41) is 25.9. The van der Waals surface area contributed by atoms with Gasteiger partial charge in [0.1, 0.15) is 29.3 Å². The van der Waals surface area contributed by atoms with Crippen molar-refractivity contribution in [1.82, 2.24) is 9.97 Å². The first kappa shape index (κ1) is 25.3. The Balaban J connectivity index is 1.58. The second-order valence-electron chi connectivity index (χ2n) is 7.29. The summed E-state index contributed by atoms with van der Waals surface area (Å²) >= 11 is 8.83. The predicted octanol–water partition coefficient (Wildman–Crippen LogP) is 6.27. The number of aromatic nitrogens is 2. The van der Waals surface area contributed by atoms with Crippen molar-refractivity contribution in [1.29, 1.82) is 5.26 Å². The summed E-state index contributed by atoms with van der Waals surface area (Å²) in [6.45, 7) is 7.68. The number of halogens is 1. The quantitative estimate of drug-likeness (QED) is 0.170. The fraction of sp³-hybridized carbons (Fsp3) is 0.120. The van der Waals surface area contributed by atoms with Crippen molar-refractivity contribution in [3.8, 4) is 22.9 Å². The average molecular weight is 535 g/mol. The number of aliphatic hydroxyl groups is 1. The van der Waals surface area contributed by atoms with E-state index in [2.05, 4.69) is 26.2 Å². The first-order valence-corrected chi connectivity index (χ1v) is 12.8. The molecular weight excluding hydrogens is 516 g/mol. The van der Waals surface area contributed by atoms with Crippen molar-refractivity contribution in [2.24, 2.45) is 0 Å². The summed E-state index contributed by atoms with van der Waals surface area (Å²) in [5.41, 5.74) is 9.24. The summed E-state index contributed by atoms with van der Waals surface area (Å²) in [4.78, 5) is 12.5. The van der Waals surface area contributed by atoms with Crippen molar-refractivity contribution in [2.45, 2.75) is 10.8 Å². The third-order valence-electron chi connectivity index (χ3n) is 4.88. The smallest absolute Gasteiger partial charge is 0.236 e. The Kier molecular flexibility index (Phi) is 8.26. The van der Waals surface area contributed by atoms with E-state index in [1.807, 2.05) is 23.6 Å². The molecule has 4 aromatic rings. The van der Waals surface area contributed by atoms with Crippen molar-refractivity contribution >= 4 is 57.0 Å². The van der Waals surface area contributed by atoms with E-state index in [0.29, 0.717) is 37.8 Å². The normalized spacial score (nSPS) is 10.4. The molecule has 4 rings (SSSR count). The van der Waals surface area contributed by atoms with Crippen LogP contribution in [0.2, 0.25) is 5.02 Å². The maximum atomic E-state index is 10.00.